The van der Waals surface area contributed by atoms with E-state index in [0.29, 0.717) is 40.6 Å². The van der Waals surface area contributed by atoms with E-state index in [0.717, 1.165) is 12.0 Å². The molecule has 0 spiro atoms. The van der Waals surface area contributed by atoms with Crippen LogP contribution in [0.3, 0.4) is 0 Å². The topological polar surface area (TPSA) is 95.6 Å². The van der Waals surface area contributed by atoms with Gasteiger partial charge in [-0.1, -0.05) is 17.7 Å². The van der Waals surface area contributed by atoms with Crippen LogP contribution in [0.1, 0.15) is 29.3 Å². The molecule has 4 rings (SSSR count). The number of carbonyl (C=O) groups excluding carboxylic acids is 2. The van der Waals surface area contributed by atoms with Crippen molar-refractivity contribution < 1.29 is 18.0 Å². The third-order valence-corrected chi connectivity index (χ3v) is 6.87. The van der Waals surface area contributed by atoms with Gasteiger partial charge >= 0.3 is 0 Å². The zero-order chi connectivity index (χ0) is 23.6. The number of amides is 2. The minimum absolute atomic E-state index is 0.115. The fourth-order valence-corrected chi connectivity index (χ4v) is 5.07. The van der Waals surface area contributed by atoms with Gasteiger partial charge in [-0.15, -0.1) is 0 Å². The number of rotatable bonds is 5. The smallest absolute Gasteiger partial charge is 0.261 e. The van der Waals surface area contributed by atoms with Crippen LogP contribution in [0.5, 0.6) is 0 Å². The summed E-state index contributed by atoms with van der Waals surface area (Å²) >= 11 is 6.03. The molecular weight excluding hydrogens is 462 g/mol. The molecule has 3 aromatic rings. The van der Waals surface area contributed by atoms with E-state index >= 15 is 0 Å². The Balaban J connectivity index is 1.57. The largest absolute Gasteiger partial charge is 0.326 e. The van der Waals surface area contributed by atoms with Gasteiger partial charge in [0.1, 0.15) is 0 Å². The standard InChI is InChI=1S/C24H22ClN3O4S/c1-16(29)26-20-7-9-21(10-8-20)27-33(31,32)22-11-12-23-17(15-22)5-3-13-28(23)24(30)18-4-2-6-19(25)14-18/h2,4,6-12,14-15,27H,3,5,13H2,1H3,(H,26,29). The van der Waals surface area contributed by atoms with E-state index in [-0.39, 0.29) is 16.7 Å². The fraction of sp³-hybridized carbons (Fsp3) is 0.167. The molecular formula is C24H22ClN3O4S. The van der Waals surface area contributed by atoms with Crippen molar-refractivity contribution in [3.05, 3.63) is 82.9 Å². The van der Waals surface area contributed by atoms with Gasteiger partial charge in [-0.05, 0) is 79.1 Å². The first kappa shape index (κ1) is 22.8. The summed E-state index contributed by atoms with van der Waals surface area (Å²) in [7, 11) is -3.84. The molecule has 0 fully saturated rings. The Morgan fingerprint density at radius 3 is 2.39 bits per heavy atom. The van der Waals surface area contributed by atoms with E-state index in [1.807, 2.05) is 0 Å². The molecule has 2 N–H and O–H groups in total. The van der Waals surface area contributed by atoms with Crippen molar-refractivity contribution in [1.82, 2.24) is 0 Å². The molecule has 0 saturated heterocycles. The molecule has 0 aliphatic carbocycles. The monoisotopic (exact) mass is 483 g/mol. The number of anilines is 3. The maximum absolute atomic E-state index is 13.0. The molecule has 1 heterocycles. The summed E-state index contributed by atoms with van der Waals surface area (Å²) in [5, 5.41) is 3.12. The molecule has 0 atom stereocenters. The van der Waals surface area contributed by atoms with E-state index in [2.05, 4.69) is 10.0 Å². The summed E-state index contributed by atoms with van der Waals surface area (Å²) in [6.45, 7) is 1.94. The summed E-state index contributed by atoms with van der Waals surface area (Å²) < 4.78 is 28.4. The quantitative estimate of drug-likeness (QED) is 0.550. The average molecular weight is 484 g/mol. The third kappa shape index (κ3) is 5.18. The molecule has 0 aromatic heterocycles. The number of hydrogen-bond acceptors (Lipinski definition) is 4. The second-order valence-corrected chi connectivity index (χ2v) is 9.84. The summed E-state index contributed by atoms with van der Waals surface area (Å²) in [5.74, 6) is -0.383. The Bertz CT molecular complexity index is 1320. The maximum Gasteiger partial charge on any atom is 0.261 e. The van der Waals surface area contributed by atoms with Gasteiger partial charge in [-0.3, -0.25) is 14.3 Å². The molecule has 1 aliphatic rings. The molecule has 0 bridgehead atoms. The summed E-state index contributed by atoms with van der Waals surface area (Å²) in [4.78, 5) is 26.0. The first-order valence-corrected chi connectivity index (χ1v) is 12.2. The SMILES string of the molecule is CC(=O)Nc1ccc(NS(=O)(=O)c2ccc3c(c2)CCCN3C(=O)c2cccc(Cl)c2)cc1. The van der Waals surface area contributed by atoms with Crippen molar-refractivity contribution in [2.45, 2.75) is 24.7 Å². The Kier molecular flexibility index (Phi) is 6.40. The van der Waals surface area contributed by atoms with Crippen LogP contribution < -0.4 is 14.9 Å². The van der Waals surface area contributed by atoms with Crippen LogP contribution in [-0.2, 0) is 21.2 Å². The molecule has 7 nitrogen and oxygen atoms in total. The first-order chi connectivity index (χ1) is 15.7. The lowest BCUT2D eigenvalue weighted by atomic mass is 10.0. The summed E-state index contributed by atoms with van der Waals surface area (Å²) in [6.07, 6.45) is 1.39. The van der Waals surface area contributed by atoms with E-state index < -0.39 is 10.0 Å². The second-order valence-electron chi connectivity index (χ2n) is 7.73. The van der Waals surface area contributed by atoms with Crippen LogP contribution in [0.4, 0.5) is 17.1 Å². The Labute approximate surface area is 197 Å². The Hall–Kier alpha value is -3.36. The van der Waals surface area contributed by atoms with Gasteiger partial charge in [0, 0.05) is 41.1 Å². The van der Waals surface area contributed by atoms with Gasteiger partial charge in [-0.25, -0.2) is 8.42 Å². The highest BCUT2D eigenvalue weighted by atomic mass is 35.5. The number of hydrogen-bond donors (Lipinski definition) is 2. The summed E-state index contributed by atoms with van der Waals surface area (Å²) in [6, 6.07) is 17.9. The number of benzene rings is 3. The van der Waals surface area contributed by atoms with Gasteiger partial charge in [0.2, 0.25) is 5.91 Å². The van der Waals surface area contributed by atoms with Gasteiger partial charge in [-0.2, -0.15) is 0 Å². The number of carbonyl (C=O) groups is 2. The van der Waals surface area contributed by atoms with E-state index in [1.54, 1.807) is 65.6 Å². The zero-order valence-corrected chi connectivity index (χ0v) is 19.4. The van der Waals surface area contributed by atoms with Crippen molar-refractivity contribution in [2.24, 2.45) is 0 Å². The van der Waals surface area contributed by atoms with Crippen LogP contribution in [0.2, 0.25) is 5.02 Å². The number of nitrogens with zero attached hydrogens (tertiary/aromatic N) is 1. The van der Waals surface area contributed by atoms with E-state index in [4.69, 9.17) is 11.6 Å². The Morgan fingerprint density at radius 1 is 0.970 bits per heavy atom. The van der Waals surface area contributed by atoms with Crippen LogP contribution in [0.15, 0.2) is 71.6 Å². The van der Waals surface area contributed by atoms with Crippen molar-refractivity contribution in [1.29, 1.82) is 0 Å². The molecule has 170 valence electrons. The highest BCUT2D eigenvalue weighted by Crippen LogP contribution is 2.31. The Morgan fingerprint density at radius 2 is 1.70 bits per heavy atom. The molecule has 9 heteroatoms. The van der Waals surface area contributed by atoms with Gasteiger partial charge in [0.05, 0.1) is 4.90 Å². The van der Waals surface area contributed by atoms with Crippen LogP contribution in [0, 0.1) is 0 Å². The molecule has 1 aliphatic heterocycles. The maximum atomic E-state index is 13.0. The fourth-order valence-electron chi connectivity index (χ4n) is 3.77. The molecule has 0 saturated carbocycles. The van der Waals surface area contributed by atoms with Crippen molar-refractivity contribution in [3.8, 4) is 0 Å². The molecule has 0 unspecified atom stereocenters. The number of halogens is 1. The molecule has 0 radical (unpaired) electrons. The first-order valence-electron chi connectivity index (χ1n) is 10.3. The van der Waals surface area contributed by atoms with Gasteiger partial charge < -0.3 is 10.2 Å². The zero-order valence-electron chi connectivity index (χ0n) is 17.8. The van der Waals surface area contributed by atoms with Crippen LogP contribution >= 0.6 is 11.6 Å². The predicted octanol–water partition coefficient (Wildman–Crippen LogP) is 4.69. The van der Waals surface area contributed by atoms with Crippen LogP contribution in [0.25, 0.3) is 0 Å². The second kappa shape index (κ2) is 9.25. The minimum Gasteiger partial charge on any atom is -0.326 e. The minimum atomic E-state index is -3.84. The summed E-state index contributed by atoms with van der Waals surface area (Å²) in [5.41, 5.74) is 2.92. The normalized spacial score (nSPS) is 13.2. The highest BCUT2D eigenvalue weighted by Gasteiger charge is 2.26. The molecule has 2 amide bonds. The molecule has 3 aromatic carbocycles. The predicted molar refractivity (Wildman–Crippen MR) is 129 cm³/mol. The number of nitrogens with one attached hydrogen (secondary N) is 2. The third-order valence-electron chi connectivity index (χ3n) is 5.25. The molecule has 33 heavy (non-hydrogen) atoms. The van der Waals surface area contributed by atoms with Crippen molar-refractivity contribution >= 4 is 50.5 Å². The highest BCUT2D eigenvalue weighted by molar-refractivity contribution is 7.92. The van der Waals surface area contributed by atoms with Crippen molar-refractivity contribution in [2.75, 3.05) is 21.5 Å². The van der Waals surface area contributed by atoms with E-state index in [9.17, 15) is 18.0 Å². The lowest BCUT2D eigenvalue weighted by molar-refractivity contribution is -0.114. The number of aryl methyl sites for hydroxylation is 1. The van der Waals surface area contributed by atoms with Crippen molar-refractivity contribution in [3.63, 3.8) is 0 Å². The lowest BCUT2D eigenvalue weighted by Crippen LogP contribution is -2.35. The number of sulfonamides is 1. The van der Waals surface area contributed by atoms with Gasteiger partial charge in [0.15, 0.2) is 0 Å². The number of fused-ring (bicyclic) bond motifs is 1. The average Bonchev–Trinajstić information content (AvgIpc) is 2.78. The van der Waals surface area contributed by atoms with Gasteiger partial charge in [0.25, 0.3) is 15.9 Å². The van der Waals surface area contributed by atoms with E-state index in [1.165, 1.54) is 13.0 Å². The lowest BCUT2D eigenvalue weighted by Gasteiger charge is -2.30. The van der Waals surface area contributed by atoms with Crippen LogP contribution in [-0.4, -0.2) is 26.8 Å².